The first-order valence-electron chi connectivity index (χ1n) is 8.26. The van der Waals surface area contributed by atoms with Crippen molar-refractivity contribution in [3.8, 4) is 11.5 Å². The molecule has 2 aromatic rings. The van der Waals surface area contributed by atoms with Crippen LogP contribution in [0.3, 0.4) is 0 Å². The summed E-state index contributed by atoms with van der Waals surface area (Å²) in [6, 6.07) is 6.01. The van der Waals surface area contributed by atoms with Gasteiger partial charge in [-0.3, -0.25) is 4.79 Å². The molecule has 0 spiro atoms. The van der Waals surface area contributed by atoms with Crippen molar-refractivity contribution in [1.82, 2.24) is 9.88 Å². The van der Waals surface area contributed by atoms with Crippen LogP contribution < -0.4 is 5.73 Å². The highest BCUT2D eigenvalue weighted by molar-refractivity contribution is 5.85. The monoisotopic (exact) mass is 403 g/mol. The molecule has 1 aliphatic rings. The second kappa shape index (κ2) is 9.90. The predicted octanol–water partition coefficient (Wildman–Crippen LogP) is 3.45. The molecule has 0 radical (unpaired) electrons. The lowest BCUT2D eigenvalue weighted by Gasteiger charge is -2.38. The van der Waals surface area contributed by atoms with Gasteiger partial charge in [-0.05, 0) is 43.0 Å². The maximum absolute atomic E-state index is 13.0. The number of amides is 1. The molecule has 0 saturated carbocycles. The minimum Gasteiger partial charge on any atom is -0.444 e. The van der Waals surface area contributed by atoms with Gasteiger partial charge in [0.1, 0.15) is 12.1 Å². The number of hydrogen-bond acceptors (Lipinski definition) is 4. The van der Waals surface area contributed by atoms with Gasteiger partial charge in [0.05, 0.1) is 12.1 Å². The minimum atomic E-state index is -0.312. The summed E-state index contributed by atoms with van der Waals surface area (Å²) in [6.07, 6.45) is 3.62. The molecule has 0 bridgehead atoms. The smallest absolute Gasteiger partial charge is 0.229 e. The third-order valence-electron chi connectivity index (χ3n) is 4.55. The molecular formula is C18H24Cl2FN3O2. The molecule has 26 heavy (non-hydrogen) atoms. The topological polar surface area (TPSA) is 72.4 Å². The molecule has 2 heterocycles. The van der Waals surface area contributed by atoms with Crippen LogP contribution in [0.5, 0.6) is 0 Å². The van der Waals surface area contributed by atoms with Gasteiger partial charge in [0.25, 0.3) is 0 Å². The number of carbonyl (C=O) groups excluding carboxylic acids is 1. The number of carbonyl (C=O) groups is 1. The molecule has 2 atom stereocenters. The van der Waals surface area contributed by atoms with Gasteiger partial charge in [-0.1, -0.05) is 6.92 Å². The average molecular weight is 404 g/mol. The average Bonchev–Trinajstić information content (AvgIpc) is 3.03. The van der Waals surface area contributed by atoms with Gasteiger partial charge in [0.15, 0.2) is 0 Å². The summed E-state index contributed by atoms with van der Waals surface area (Å²) in [5, 5.41) is 0. The summed E-state index contributed by atoms with van der Waals surface area (Å²) in [5.41, 5.74) is 7.08. The van der Waals surface area contributed by atoms with Crippen LogP contribution in [-0.4, -0.2) is 34.9 Å². The molecule has 1 aromatic heterocycles. The fourth-order valence-corrected chi connectivity index (χ4v) is 3.17. The van der Waals surface area contributed by atoms with Crippen molar-refractivity contribution >= 4 is 30.7 Å². The largest absolute Gasteiger partial charge is 0.444 e. The number of benzene rings is 1. The van der Waals surface area contributed by atoms with Crippen molar-refractivity contribution in [2.75, 3.05) is 13.1 Å². The number of hydrogen-bond donors (Lipinski definition) is 1. The molecular weight excluding hydrogens is 380 g/mol. The molecule has 1 fully saturated rings. The summed E-state index contributed by atoms with van der Waals surface area (Å²) in [4.78, 5) is 18.8. The molecule has 1 aliphatic heterocycles. The summed E-state index contributed by atoms with van der Waals surface area (Å²) in [5.74, 6) is 0.698. The summed E-state index contributed by atoms with van der Waals surface area (Å²) >= 11 is 0. The summed E-state index contributed by atoms with van der Waals surface area (Å²) < 4.78 is 18.4. The summed E-state index contributed by atoms with van der Waals surface area (Å²) in [6.45, 7) is 3.41. The van der Waals surface area contributed by atoms with Gasteiger partial charge in [-0.2, -0.15) is 0 Å². The van der Waals surface area contributed by atoms with E-state index in [1.54, 1.807) is 12.1 Å². The predicted molar refractivity (Wildman–Crippen MR) is 103 cm³/mol. The maximum atomic E-state index is 13.0. The zero-order chi connectivity index (χ0) is 17.1. The van der Waals surface area contributed by atoms with E-state index >= 15 is 0 Å². The van der Waals surface area contributed by atoms with E-state index in [1.807, 2.05) is 4.90 Å². The number of nitrogens with two attached hydrogens (primary N) is 1. The van der Waals surface area contributed by atoms with E-state index in [0.29, 0.717) is 29.6 Å². The van der Waals surface area contributed by atoms with Crippen LogP contribution in [0.4, 0.5) is 4.39 Å². The van der Waals surface area contributed by atoms with E-state index in [9.17, 15) is 9.18 Å². The van der Waals surface area contributed by atoms with Crippen LogP contribution in [0.2, 0.25) is 0 Å². The SMILES string of the molecule is CC1CCN(C(=O)Cc2coc(-c3ccc(F)cc3)n2)C(CN)C1.Cl.Cl. The Labute approximate surface area is 165 Å². The highest BCUT2D eigenvalue weighted by Gasteiger charge is 2.29. The highest BCUT2D eigenvalue weighted by Crippen LogP contribution is 2.23. The van der Waals surface area contributed by atoms with E-state index in [4.69, 9.17) is 10.2 Å². The Hall–Kier alpha value is -1.63. The van der Waals surface area contributed by atoms with E-state index in [0.717, 1.165) is 19.4 Å². The summed E-state index contributed by atoms with van der Waals surface area (Å²) in [7, 11) is 0. The van der Waals surface area contributed by atoms with Crippen LogP contribution in [0.25, 0.3) is 11.5 Å². The molecule has 5 nitrogen and oxygen atoms in total. The number of halogens is 3. The van der Waals surface area contributed by atoms with Crippen molar-refractivity contribution in [2.45, 2.75) is 32.2 Å². The standard InChI is InChI=1S/C18H22FN3O2.2ClH/c1-12-6-7-22(16(8-12)10-20)17(23)9-15-11-24-18(21-15)13-2-4-14(19)5-3-13;;/h2-5,11-12,16H,6-10,20H2,1H3;2*1H. The first kappa shape index (κ1) is 22.4. The lowest BCUT2D eigenvalue weighted by Crippen LogP contribution is -2.49. The second-order valence-corrected chi connectivity index (χ2v) is 6.43. The van der Waals surface area contributed by atoms with Crippen molar-refractivity contribution in [3.63, 3.8) is 0 Å². The first-order chi connectivity index (χ1) is 11.6. The number of nitrogens with zero attached hydrogens (tertiary/aromatic N) is 2. The van der Waals surface area contributed by atoms with Gasteiger partial charge >= 0.3 is 0 Å². The molecule has 1 saturated heterocycles. The quantitative estimate of drug-likeness (QED) is 0.847. The number of rotatable bonds is 4. The van der Waals surface area contributed by atoms with Crippen molar-refractivity contribution in [3.05, 3.63) is 42.0 Å². The third-order valence-corrected chi connectivity index (χ3v) is 4.55. The maximum Gasteiger partial charge on any atom is 0.229 e. The Balaban J connectivity index is 0.00000169. The number of aromatic nitrogens is 1. The van der Waals surface area contributed by atoms with Crippen molar-refractivity contribution in [1.29, 1.82) is 0 Å². The Bertz CT molecular complexity index is 709. The van der Waals surface area contributed by atoms with Crippen molar-refractivity contribution in [2.24, 2.45) is 11.7 Å². The number of piperidine rings is 1. The minimum absolute atomic E-state index is 0. The Kier molecular flexibility index (Phi) is 8.53. The molecule has 8 heteroatoms. The van der Waals surface area contributed by atoms with Crippen LogP contribution in [-0.2, 0) is 11.2 Å². The molecule has 2 N–H and O–H groups in total. The van der Waals surface area contributed by atoms with Crippen LogP contribution in [0.1, 0.15) is 25.5 Å². The van der Waals surface area contributed by atoms with Gasteiger partial charge in [0, 0.05) is 24.7 Å². The van der Waals surface area contributed by atoms with Crippen LogP contribution in [0, 0.1) is 11.7 Å². The molecule has 1 aromatic carbocycles. The molecule has 2 unspecified atom stereocenters. The Morgan fingerprint density at radius 3 is 2.69 bits per heavy atom. The zero-order valence-electron chi connectivity index (χ0n) is 14.6. The van der Waals surface area contributed by atoms with Gasteiger partial charge in [-0.25, -0.2) is 9.37 Å². The highest BCUT2D eigenvalue weighted by atomic mass is 35.5. The van der Waals surface area contributed by atoms with Gasteiger partial charge in [0.2, 0.25) is 11.8 Å². The molecule has 144 valence electrons. The fraction of sp³-hybridized carbons (Fsp3) is 0.444. The van der Waals surface area contributed by atoms with Crippen LogP contribution >= 0.6 is 24.8 Å². The Morgan fingerprint density at radius 2 is 2.04 bits per heavy atom. The van der Waals surface area contributed by atoms with E-state index in [-0.39, 0.29) is 49.0 Å². The number of oxazole rings is 1. The third kappa shape index (κ3) is 5.19. The number of likely N-dealkylation sites (tertiary alicyclic amines) is 1. The van der Waals surface area contributed by atoms with E-state index in [1.165, 1.54) is 18.4 Å². The van der Waals surface area contributed by atoms with Gasteiger partial charge in [-0.15, -0.1) is 24.8 Å². The zero-order valence-corrected chi connectivity index (χ0v) is 16.2. The molecule has 1 amide bonds. The molecule has 0 aliphatic carbocycles. The molecule has 3 rings (SSSR count). The van der Waals surface area contributed by atoms with Crippen molar-refractivity contribution < 1.29 is 13.6 Å². The van der Waals surface area contributed by atoms with Crippen LogP contribution in [0.15, 0.2) is 34.9 Å². The fourth-order valence-electron chi connectivity index (χ4n) is 3.17. The van der Waals surface area contributed by atoms with E-state index < -0.39 is 0 Å². The lowest BCUT2D eigenvalue weighted by atomic mass is 9.92. The lowest BCUT2D eigenvalue weighted by molar-refractivity contribution is -0.134. The normalized spacial score (nSPS) is 19.4. The van der Waals surface area contributed by atoms with Gasteiger partial charge < -0.3 is 15.1 Å². The first-order valence-corrected chi connectivity index (χ1v) is 8.26. The Morgan fingerprint density at radius 1 is 1.35 bits per heavy atom. The second-order valence-electron chi connectivity index (χ2n) is 6.43. The van der Waals surface area contributed by atoms with E-state index in [2.05, 4.69) is 11.9 Å².